The van der Waals surface area contributed by atoms with Crippen LogP contribution >= 0.6 is 0 Å². The minimum atomic E-state index is 0.560. The van der Waals surface area contributed by atoms with E-state index in [-0.39, 0.29) is 0 Å². The number of hydrogen-bond donors (Lipinski definition) is 1. The van der Waals surface area contributed by atoms with E-state index in [9.17, 15) is 0 Å². The van der Waals surface area contributed by atoms with Gasteiger partial charge in [-0.3, -0.25) is 0 Å². The van der Waals surface area contributed by atoms with E-state index < -0.39 is 0 Å². The largest absolute Gasteiger partial charge is 0.314 e. The highest BCUT2D eigenvalue weighted by molar-refractivity contribution is 4.83. The van der Waals surface area contributed by atoms with Crippen LogP contribution < -0.4 is 5.32 Å². The summed E-state index contributed by atoms with van der Waals surface area (Å²) in [4.78, 5) is 0. The summed E-state index contributed by atoms with van der Waals surface area (Å²) in [6.45, 7) is 9.60. The van der Waals surface area contributed by atoms with Gasteiger partial charge in [-0.25, -0.2) is 0 Å². The van der Waals surface area contributed by atoms with Gasteiger partial charge >= 0.3 is 0 Å². The Balaban J connectivity index is 2.22. The Morgan fingerprint density at radius 2 is 2.31 bits per heavy atom. The Morgan fingerprint density at radius 3 is 2.92 bits per heavy atom. The van der Waals surface area contributed by atoms with Crippen LogP contribution in [0.1, 0.15) is 46.0 Å². The molecular weight excluding hydrogens is 158 g/mol. The molecule has 0 amide bonds. The van der Waals surface area contributed by atoms with Crippen LogP contribution in [0.15, 0.2) is 12.7 Å². The van der Waals surface area contributed by atoms with Crippen molar-refractivity contribution >= 4 is 0 Å². The molecule has 1 aliphatic carbocycles. The van der Waals surface area contributed by atoms with E-state index in [0.717, 1.165) is 19.0 Å². The summed E-state index contributed by atoms with van der Waals surface area (Å²) in [5.74, 6) is 0. The van der Waals surface area contributed by atoms with Crippen LogP contribution in [0.5, 0.6) is 0 Å². The van der Waals surface area contributed by atoms with E-state index in [1.807, 2.05) is 6.08 Å². The molecule has 1 nitrogen and oxygen atoms in total. The molecule has 76 valence electrons. The maximum atomic E-state index is 3.73. The molecule has 0 aromatic heterocycles. The second kappa shape index (κ2) is 4.80. The number of nitrogens with one attached hydrogen (secondary N) is 1. The molecule has 0 heterocycles. The lowest BCUT2D eigenvalue weighted by molar-refractivity contribution is 0.199. The normalized spacial score (nSPS) is 27.1. The summed E-state index contributed by atoms with van der Waals surface area (Å²) < 4.78 is 0. The minimum Gasteiger partial charge on any atom is -0.314 e. The van der Waals surface area contributed by atoms with Crippen LogP contribution in [0.25, 0.3) is 0 Å². The van der Waals surface area contributed by atoms with Crippen molar-refractivity contribution in [3.8, 4) is 0 Å². The minimum absolute atomic E-state index is 0.560. The van der Waals surface area contributed by atoms with Crippen LogP contribution in [0.2, 0.25) is 0 Å². The lowest BCUT2D eigenvalue weighted by Crippen LogP contribution is -2.37. The maximum Gasteiger partial charge on any atom is 0.00722 e. The van der Waals surface area contributed by atoms with Gasteiger partial charge in [0.25, 0.3) is 0 Å². The molecule has 1 unspecified atom stereocenters. The van der Waals surface area contributed by atoms with Gasteiger partial charge in [0, 0.05) is 6.04 Å². The molecule has 0 aromatic carbocycles. The molecule has 1 saturated carbocycles. The van der Waals surface area contributed by atoms with Gasteiger partial charge in [0.05, 0.1) is 0 Å². The molecule has 0 bridgehead atoms. The van der Waals surface area contributed by atoms with Crippen molar-refractivity contribution in [2.24, 2.45) is 5.41 Å². The zero-order valence-corrected chi connectivity index (χ0v) is 9.10. The smallest absolute Gasteiger partial charge is 0.00722 e. The average molecular weight is 181 g/mol. The Hall–Kier alpha value is -0.300. The van der Waals surface area contributed by atoms with Crippen LogP contribution in [-0.4, -0.2) is 12.6 Å². The molecular formula is C12H23N. The Labute approximate surface area is 82.6 Å². The zero-order valence-electron chi connectivity index (χ0n) is 9.10. The molecule has 1 N–H and O–H groups in total. The third-order valence-corrected chi connectivity index (χ3v) is 2.99. The van der Waals surface area contributed by atoms with Gasteiger partial charge in [0.2, 0.25) is 0 Å². The van der Waals surface area contributed by atoms with E-state index in [2.05, 4.69) is 25.7 Å². The summed E-state index contributed by atoms with van der Waals surface area (Å²) in [5.41, 5.74) is 0.560. The SMILES string of the molecule is C=CCCNC1CCCC(C)(C)C1. The highest BCUT2D eigenvalue weighted by Crippen LogP contribution is 2.34. The van der Waals surface area contributed by atoms with Gasteiger partial charge in [-0.15, -0.1) is 6.58 Å². The van der Waals surface area contributed by atoms with E-state index in [1.165, 1.54) is 25.7 Å². The first-order valence-electron chi connectivity index (χ1n) is 5.48. The first-order valence-corrected chi connectivity index (χ1v) is 5.48. The van der Waals surface area contributed by atoms with Crippen molar-refractivity contribution in [2.75, 3.05) is 6.54 Å². The highest BCUT2D eigenvalue weighted by atomic mass is 14.9. The summed E-state index contributed by atoms with van der Waals surface area (Å²) >= 11 is 0. The Morgan fingerprint density at radius 1 is 1.54 bits per heavy atom. The fourth-order valence-electron chi connectivity index (χ4n) is 2.26. The third kappa shape index (κ3) is 3.95. The first-order chi connectivity index (χ1) is 6.14. The van der Waals surface area contributed by atoms with Crippen molar-refractivity contribution in [3.63, 3.8) is 0 Å². The summed E-state index contributed by atoms with van der Waals surface area (Å²) in [6.07, 6.45) is 8.56. The van der Waals surface area contributed by atoms with E-state index in [1.54, 1.807) is 0 Å². The van der Waals surface area contributed by atoms with E-state index in [0.29, 0.717) is 5.41 Å². The second-order valence-corrected chi connectivity index (χ2v) is 4.99. The standard InChI is InChI=1S/C12H23N/c1-4-5-9-13-11-7-6-8-12(2,3)10-11/h4,11,13H,1,5-10H2,2-3H3. The second-order valence-electron chi connectivity index (χ2n) is 4.99. The Kier molecular flexibility index (Phi) is 3.98. The lowest BCUT2D eigenvalue weighted by Gasteiger charge is -2.35. The topological polar surface area (TPSA) is 12.0 Å². The van der Waals surface area contributed by atoms with Crippen LogP contribution in [0.4, 0.5) is 0 Å². The van der Waals surface area contributed by atoms with Crippen molar-refractivity contribution in [1.82, 2.24) is 5.32 Å². The van der Waals surface area contributed by atoms with Gasteiger partial charge in [-0.2, -0.15) is 0 Å². The maximum absolute atomic E-state index is 3.73. The van der Waals surface area contributed by atoms with Gasteiger partial charge in [0.15, 0.2) is 0 Å². The fraction of sp³-hybridized carbons (Fsp3) is 0.833. The highest BCUT2D eigenvalue weighted by Gasteiger charge is 2.27. The summed E-state index contributed by atoms with van der Waals surface area (Å²) in [6, 6.07) is 0.753. The molecule has 1 rings (SSSR count). The molecule has 1 atom stereocenters. The van der Waals surface area contributed by atoms with Gasteiger partial charge in [0.1, 0.15) is 0 Å². The van der Waals surface area contributed by atoms with Crippen molar-refractivity contribution in [2.45, 2.75) is 52.0 Å². The molecule has 1 aliphatic rings. The van der Waals surface area contributed by atoms with Crippen molar-refractivity contribution in [1.29, 1.82) is 0 Å². The molecule has 1 heteroatoms. The molecule has 0 aromatic rings. The first kappa shape index (κ1) is 10.8. The van der Waals surface area contributed by atoms with Crippen molar-refractivity contribution in [3.05, 3.63) is 12.7 Å². The van der Waals surface area contributed by atoms with Gasteiger partial charge in [-0.05, 0) is 37.6 Å². The average Bonchev–Trinajstić information content (AvgIpc) is 2.03. The lowest BCUT2D eigenvalue weighted by atomic mass is 9.75. The van der Waals surface area contributed by atoms with Gasteiger partial charge in [-0.1, -0.05) is 26.3 Å². The summed E-state index contributed by atoms with van der Waals surface area (Å²) in [5, 5.41) is 3.61. The number of rotatable bonds is 4. The predicted molar refractivity (Wildman–Crippen MR) is 58.9 cm³/mol. The monoisotopic (exact) mass is 181 g/mol. The molecule has 0 aliphatic heterocycles. The predicted octanol–water partition coefficient (Wildman–Crippen LogP) is 3.12. The third-order valence-electron chi connectivity index (χ3n) is 2.99. The molecule has 13 heavy (non-hydrogen) atoms. The van der Waals surface area contributed by atoms with Gasteiger partial charge < -0.3 is 5.32 Å². The zero-order chi connectivity index (χ0) is 9.73. The number of hydrogen-bond acceptors (Lipinski definition) is 1. The van der Waals surface area contributed by atoms with Crippen LogP contribution in [0, 0.1) is 5.41 Å². The quantitative estimate of drug-likeness (QED) is 0.519. The van der Waals surface area contributed by atoms with Crippen LogP contribution in [0.3, 0.4) is 0 Å². The fourth-order valence-corrected chi connectivity index (χ4v) is 2.26. The molecule has 0 saturated heterocycles. The van der Waals surface area contributed by atoms with Crippen molar-refractivity contribution < 1.29 is 0 Å². The van der Waals surface area contributed by atoms with E-state index >= 15 is 0 Å². The van der Waals surface area contributed by atoms with Crippen LogP contribution in [-0.2, 0) is 0 Å². The van der Waals surface area contributed by atoms with E-state index in [4.69, 9.17) is 0 Å². The summed E-state index contributed by atoms with van der Waals surface area (Å²) in [7, 11) is 0. The molecule has 0 spiro atoms. The Bertz CT molecular complexity index is 161. The molecule has 0 radical (unpaired) electrons. The molecule has 1 fully saturated rings.